The number of nitrogens with one attached hydrogen (secondary N) is 1. The quantitative estimate of drug-likeness (QED) is 0.893. The summed E-state index contributed by atoms with van der Waals surface area (Å²) >= 11 is 1.27. The number of aliphatic hydroxyl groups is 1. The molecule has 0 saturated heterocycles. The fraction of sp³-hybridized carbons (Fsp3) is 0.231. The van der Waals surface area contributed by atoms with E-state index in [-0.39, 0.29) is 12.5 Å². The number of carbonyl (C=O) groups excluding carboxylic acids is 1. The summed E-state index contributed by atoms with van der Waals surface area (Å²) in [5.74, 6) is -0.167. The molecule has 1 amide bonds. The number of aromatic nitrogens is 1. The summed E-state index contributed by atoms with van der Waals surface area (Å²) in [7, 11) is 0. The van der Waals surface area contributed by atoms with Crippen LogP contribution in [0.25, 0.3) is 0 Å². The van der Waals surface area contributed by atoms with Crippen LogP contribution in [0.2, 0.25) is 0 Å². The smallest absolute Gasteiger partial charge is 0.258 e. The lowest BCUT2D eigenvalue weighted by Gasteiger charge is -2.09. The van der Waals surface area contributed by atoms with E-state index in [4.69, 9.17) is 5.11 Å². The van der Waals surface area contributed by atoms with Crippen molar-refractivity contribution in [1.29, 1.82) is 0 Å². The maximum Gasteiger partial charge on any atom is 0.258 e. The fourth-order valence-electron chi connectivity index (χ4n) is 1.60. The van der Waals surface area contributed by atoms with E-state index < -0.39 is 0 Å². The summed E-state index contributed by atoms with van der Waals surface area (Å²) < 4.78 is 4.08. The predicted molar refractivity (Wildman–Crippen MR) is 71.9 cm³/mol. The van der Waals surface area contributed by atoms with Gasteiger partial charge in [0.1, 0.15) is 0 Å². The van der Waals surface area contributed by atoms with Crippen LogP contribution in [0.1, 0.15) is 27.2 Å². The zero-order valence-corrected chi connectivity index (χ0v) is 11.0. The molecule has 0 spiro atoms. The Bertz CT molecular complexity index is 578. The van der Waals surface area contributed by atoms with E-state index in [9.17, 15) is 4.79 Å². The SMILES string of the molecule is Cc1ccc(CO)cc1NC(=O)c1csnc1C. The van der Waals surface area contributed by atoms with Crippen molar-refractivity contribution in [2.24, 2.45) is 0 Å². The van der Waals surface area contributed by atoms with Gasteiger partial charge in [0.25, 0.3) is 5.91 Å². The van der Waals surface area contributed by atoms with Gasteiger partial charge in [-0.3, -0.25) is 4.79 Å². The monoisotopic (exact) mass is 262 g/mol. The normalized spacial score (nSPS) is 10.4. The topological polar surface area (TPSA) is 62.2 Å². The van der Waals surface area contributed by atoms with Gasteiger partial charge in [-0.15, -0.1) is 0 Å². The van der Waals surface area contributed by atoms with Crippen molar-refractivity contribution in [2.75, 3.05) is 5.32 Å². The molecular formula is C13H14N2O2S. The maximum absolute atomic E-state index is 12.0. The predicted octanol–water partition coefficient (Wildman–Crippen LogP) is 2.50. The number of amides is 1. The third-order valence-corrected chi connectivity index (χ3v) is 3.45. The standard InChI is InChI=1S/C13H14N2O2S/c1-8-3-4-10(6-16)5-12(8)14-13(17)11-7-18-15-9(11)2/h3-5,7,16H,6H2,1-2H3,(H,14,17). The third-order valence-electron chi connectivity index (χ3n) is 2.73. The second-order valence-electron chi connectivity index (χ2n) is 4.08. The number of carbonyl (C=O) groups is 1. The molecule has 1 aromatic heterocycles. The highest BCUT2D eigenvalue weighted by atomic mass is 32.1. The molecule has 5 heteroatoms. The van der Waals surface area contributed by atoms with Crippen LogP contribution in [0.4, 0.5) is 5.69 Å². The zero-order valence-electron chi connectivity index (χ0n) is 10.2. The Balaban J connectivity index is 2.24. The lowest BCUT2D eigenvalue weighted by molar-refractivity contribution is 0.102. The number of nitrogens with zero attached hydrogens (tertiary/aromatic N) is 1. The van der Waals surface area contributed by atoms with Gasteiger partial charge in [-0.05, 0) is 42.6 Å². The molecule has 0 fully saturated rings. The highest BCUT2D eigenvalue weighted by Gasteiger charge is 2.12. The molecule has 0 radical (unpaired) electrons. The molecule has 0 bridgehead atoms. The van der Waals surface area contributed by atoms with Crippen LogP contribution in [0, 0.1) is 13.8 Å². The Morgan fingerprint density at radius 2 is 2.22 bits per heavy atom. The average Bonchev–Trinajstić information content (AvgIpc) is 2.78. The van der Waals surface area contributed by atoms with Crippen LogP contribution in [-0.4, -0.2) is 15.4 Å². The van der Waals surface area contributed by atoms with E-state index >= 15 is 0 Å². The Morgan fingerprint density at radius 1 is 1.44 bits per heavy atom. The zero-order chi connectivity index (χ0) is 13.1. The number of rotatable bonds is 3. The van der Waals surface area contributed by atoms with Gasteiger partial charge in [-0.1, -0.05) is 12.1 Å². The molecule has 0 unspecified atom stereocenters. The highest BCUT2D eigenvalue weighted by molar-refractivity contribution is 7.04. The molecule has 2 rings (SSSR count). The molecule has 18 heavy (non-hydrogen) atoms. The van der Waals surface area contributed by atoms with Gasteiger partial charge in [0.2, 0.25) is 0 Å². The molecule has 94 valence electrons. The van der Waals surface area contributed by atoms with E-state index in [0.29, 0.717) is 5.56 Å². The summed E-state index contributed by atoms with van der Waals surface area (Å²) in [5, 5.41) is 13.7. The maximum atomic E-state index is 12.0. The lowest BCUT2D eigenvalue weighted by atomic mass is 10.1. The molecule has 0 aliphatic heterocycles. The molecule has 0 atom stereocenters. The van der Waals surface area contributed by atoms with E-state index in [2.05, 4.69) is 9.69 Å². The number of aryl methyl sites for hydroxylation is 2. The van der Waals surface area contributed by atoms with Crippen LogP contribution in [0.5, 0.6) is 0 Å². The van der Waals surface area contributed by atoms with Gasteiger partial charge < -0.3 is 10.4 Å². The number of benzene rings is 1. The summed E-state index contributed by atoms with van der Waals surface area (Å²) in [4.78, 5) is 12.0. The molecule has 0 aliphatic carbocycles. The highest BCUT2D eigenvalue weighted by Crippen LogP contribution is 2.19. The van der Waals surface area contributed by atoms with E-state index in [1.54, 1.807) is 11.4 Å². The Morgan fingerprint density at radius 3 is 2.83 bits per heavy atom. The largest absolute Gasteiger partial charge is 0.392 e. The van der Waals surface area contributed by atoms with Gasteiger partial charge >= 0.3 is 0 Å². The average molecular weight is 262 g/mol. The van der Waals surface area contributed by atoms with Gasteiger partial charge in [0, 0.05) is 11.1 Å². The van der Waals surface area contributed by atoms with E-state index in [1.807, 2.05) is 26.0 Å². The minimum absolute atomic E-state index is 0.0395. The van der Waals surface area contributed by atoms with Crippen LogP contribution in [0.3, 0.4) is 0 Å². The summed E-state index contributed by atoms with van der Waals surface area (Å²) in [6, 6.07) is 5.49. The van der Waals surface area contributed by atoms with Crippen LogP contribution < -0.4 is 5.32 Å². The van der Waals surface area contributed by atoms with E-state index in [0.717, 1.165) is 22.5 Å². The first kappa shape index (κ1) is 12.7. The Hall–Kier alpha value is -1.72. The molecule has 2 N–H and O–H groups in total. The molecule has 1 heterocycles. The van der Waals surface area contributed by atoms with Crippen molar-refractivity contribution < 1.29 is 9.90 Å². The van der Waals surface area contributed by atoms with Crippen molar-refractivity contribution in [2.45, 2.75) is 20.5 Å². The van der Waals surface area contributed by atoms with Crippen molar-refractivity contribution in [3.63, 3.8) is 0 Å². The molecular weight excluding hydrogens is 248 g/mol. The number of hydrogen-bond acceptors (Lipinski definition) is 4. The first-order valence-electron chi connectivity index (χ1n) is 5.54. The second kappa shape index (κ2) is 5.29. The molecule has 4 nitrogen and oxygen atoms in total. The van der Waals surface area contributed by atoms with E-state index in [1.165, 1.54) is 11.5 Å². The molecule has 0 aliphatic rings. The van der Waals surface area contributed by atoms with Gasteiger partial charge in [-0.25, -0.2) is 0 Å². The van der Waals surface area contributed by atoms with Crippen molar-refractivity contribution in [3.8, 4) is 0 Å². The Labute approximate surface area is 109 Å². The summed E-state index contributed by atoms with van der Waals surface area (Å²) in [6.07, 6.45) is 0. The minimum Gasteiger partial charge on any atom is -0.392 e. The number of anilines is 1. The van der Waals surface area contributed by atoms with Gasteiger partial charge in [0.15, 0.2) is 0 Å². The lowest BCUT2D eigenvalue weighted by Crippen LogP contribution is -2.13. The second-order valence-corrected chi connectivity index (χ2v) is 4.70. The van der Waals surface area contributed by atoms with Crippen LogP contribution in [0.15, 0.2) is 23.6 Å². The molecule has 0 saturated carbocycles. The van der Waals surface area contributed by atoms with Crippen LogP contribution in [-0.2, 0) is 6.61 Å². The molecule has 1 aromatic carbocycles. The van der Waals surface area contributed by atoms with Crippen molar-refractivity contribution in [3.05, 3.63) is 46.0 Å². The first-order chi connectivity index (χ1) is 8.61. The van der Waals surface area contributed by atoms with Gasteiger partial charge in [0.05, 0.1) is 17.9 Å². The first-order valence-corrected chi connectivity index (χ1v) is 6.38. The van der Waals surface area contributed by atoms with Gasteiger partial charge in [-0.2, -0.15) is 4.37 Å². The minimum atomic E-state index is -0.167. The fourth-order valence-corrected chi connectivity index (χ4v) is 2.29. The van der Waals surface area contributed by atoms with Crippen molar-refractivity contribution >= 4 is 23.1 Å². The summed E-state index contributed by atoms with van der Waals surface area (Å²) in [6.45, 7) is 3.68. The summed E-state index contributed by atoms with van der Waals surface area (Å²) in [5.41, 5.74) is 3.77. The number of aliphatic hydroxyl groups excluding tert-OH is 1. The van der Waals surface area contributed by atoms with Crippen molar-refractivity contribution in [1.82, 2.24) is 4.37 Å². The molecule has 2 aromatic rings. The number of hydrogen-bond donors (Lipinski definition) is 2. The third kappa shape index (κ3) is 2.57. The van der Waals surface area contributed by atoms with Crippen LogP contribution >= 0.6 is 11.5 Å². The Kier molecular flexibility index (Phi) is 3.74.